The van der Waals surface area contributed by atoms with E-state index in [9.17, 15) is 0 Å². The first-order chi connectivity index (χ1) is 11.6. The van der Waals surface area contributed by atoms with Crippen molar-refractivity contribution in [1.82, 2.24) is 0 Å². The van der Waals surface area contributed by atoms with E-state index in [2.05, 4.69) is 50.2 Å². The second-order valence-electron chi connectivity index (χ2n) is 6.83. The van der Waals surface area contributed by atoms with Crippen molar-refractivity contribution in [2.45, 2.75) is 31.6 Å². The number of hydrogen-bond acceptors (Lipinski definition) is 4. The van der Waals surface area contributed by atoms with Gasteiger partial charge in [-0.3, -0.25) is 4.99 Å². The predicted molar refractivity (Wildman–Crippen MR) is 99.5 cm³/mol. The molecule has 24 heavy (non-hydrogen) atoms. The molecule has 0 aliphatic carbocycles. The molecular weight excluding hydrogens is 318 g/mol. The summed E-state index contributed by atoms with van der Waals surface area (Å²) < 4.78 is 11.5. The van der Waals surface area contributed by atoms with Crippen molar-refractivity contribution in [2.24, 2.45) is 4.99 Å². The van der Waals surface area contributed by atoms with E-state index in [-0.39, 0.29) is 5.54 Å². The van der Waals surface area contributed by atoms with E-state index in [0.29, 0.717) is 13.2 Å². The van der Waals surface area contributed by atoms with Crippen LogP contribution in [0.4, 0.5) is 0 Å². The SMILES string of the molecule is CC1(C)Cc2cc3c(cc2C(SCc2ccccc2)=N1)OCCO3. The lowest BCUT2D eigenvalue weighted by Gasteiger charge is -2.30. The average molecular weight is 339 g/mol. The summed E-state index contributed by atoms with van der Waals surface area (Å²) in [7, 11) is 0. The molecule has 0 saturated carbocycles. The van der Waals surface area contributed by atoms with Gasteiger partial charge in [-0.25, -0.2) is 0 Å². The second-order valence-corrected chi connectivity index (χ2v) is 7.80. The Morgan fingerprint density at radius 1 is 1.04 bits per heavy atom. The highest BCUT2D eigenvalue weighted by molar-refractivity contribution is 8.13. The molecule has 3 nitrogen and oxygen atoms in total. The predicted octanol–water partition coefficient (Wildman–Crippen LogP) is 4.47. The third-order valence-corrected chi connectivity index (χ3v) is 5.31. The number of hydrogen-bond donors (Lipinski definition) is 0. The van der Waals surface area contributed by atoms with E-state index in [4.69, 9.17) is 14.5 Å². The summed E-state index contributed by atoms with van der Waals surface area (Å²) in [6.07, 6.45) is 0.925. The Bertz CT molecular complexity index is 784. The Labute approximate surface area is 147 Å². The zero-order valence-corrected chi connectivity index (χ0v) is 14.9. The van der Waals surface area contributed by atoms with Crippen LogP contribution in [-0.2, 0) is 12.2 Å². The average Bonchev–Trinajstić information content (AvgIpc) is 2.58. The molecule has 124 valence electrons. The molecule has 0 spiro atoms. The number of benzene rings is 2. The monoisotopic (exact) mass is 339 g/mol. The molecule has 0 saturated heterocycles. The van der Waals surface area contributed by atoms with Gasteiger partial charge in [-0.1, -0.05) is 30.3 Å². The molecule has 0 amide bonds. The van der Waals surface area contributed by atoms with Gasteiger partial charge in [-0.15, -0.1) is 11.8 Å². The van der Waals surface area contributed by atoms with Gasteiger partial charge in [0.25, 0.3) is 0 Å². The van der Waals surface area contributed by atoms with Crippen LogP contribution in [0.5, 0.6) is 11.5 Å². The van der Waals surface area contributed by atoms with Crippen molar-refractivity contribution in [3.8, 4) is 11.5 Å². The highest BCUT2D eigenvalue weighted by atomic mass is 32.2. The van der Waals surface area contributed by atoms with Crippen LogP contribution in [0.3, 0.4) is 0 Å². The molecule has 2 aromatic carbocycles. The van der Waals surface area contributed by atoms with Gasteiger partial charge < -0.3 is 9.47 Å². The van der Waals surface area contributed by atoms with E-state index in [1.165, 1.54) is 16.7 Å². The number of ether oxygens (including phenoxy) is 2. The summed E-state index contributed by atoms with van der Waals surface area (Å²) in [4.78, 5) is 5.00. The minimum Gasteiger partial charge on any atom is -0.486 e. The Morgan fingerprint density at radius 3 is 2.50 bits per heavy atom. The number of rotatable bonds is 2. The molecule has 0 radical (unpaired) electrons. The molecule has 0 atom stereocenters. The van der Waals surface area contributed by atoms with Crippen LogP contribution in [-0.4, -0.2) is 23.8 Å². The Hall–Kier alpha value is -1.94. The first kappa shape index (κ1) is 15.6. The molecule has 2 aromatic rings. The second kappa shape index (κ2) is 6.17. The first-order valence-corrected chi connectivity index (χ1v) is 9.29. The minimum absolute atomic E-state index is 0.0875. The highest BCUT2D eigenvalue weighted by Gasteiger charge is 2.29. The zero-order valence-electron chi connectivity index (χ0n) is 14.0. The standard InChI is InChI=1S/C20H21NO2S/c1-20(2)12-15-10-17-18(23-9-8-22-17)11-16(15)19(21-20)24-13-14-6-4-3-5-7-14/h3-7,10-11H,8-9,12-13H2,1-2H3. The first-order valence-electron chi connectivity index (χ1n) is 8.30. The third kappa shape index (κ3) is 3.16. The summed E-state index contributed by atoms with van der Waals surface area (Å²) in [5.74, 6) is 2.63. The molecule has 0 N–H and O–H groups in total. The van der Waals surface area contributed by atoms with Crippen LogP contribution in [0.15, 0.2) is 47.5 Å². The van der Waals surface area contributed by atoms with Gasteiger partial charge in [0.05, 0.1) is 10.6 Å². The van der Waals surface area contributed by atoms with Crippen molar-refractivity contribution >= 4 is 16.8 Å². The lowest BCUT2D eigenvalue weighted by Crippen LogP contribution is -2.28. The summed E-state index contributed by atoms with van der Waals surface area (Å²) in [5.41, 5.74) is 3.72. The third-order valence-electron chi connectivity index (χ3n) is 4.24. The van der Waals surface area contributed by atoms with Crippen molar-refractivity contribution in [2.75, 3.05) is 13.2 Å². The van der Waals surface area contributed by atoms with Crippen LogP contribution >= 0.6 is 11.8 Å². The van der Waals surface area contributed by atoms with Gasteiger partial charge in [0.2, 0.25) is 0 Å². The molecule has 0 unspecified atom stereocenters. The van der Waals surface area contributed by atoms with E-state index in [0.717, 1.165) is 28.7 Å². The van der Waals surface area contributed by atoms with Gasteiger partial charge in [0.15, 0.2) is 11.5 Å². The Kier molecular flexibility index (Phi) is 4.01. The van der Waals surface area contributed by atoms with Gasteiger partial charge in [-0.2, -0.15) is 0 Å². The summed E-state index contributed by atoms with van der Waals surface area (Å²) >= 11 is 1.80. The van der Waals surface area contributed by atoms with Crippen molar-refractivity contribution < 1.29 is 9.47 Å². The zero-order chi connectivity index (χ0) is 16.6. The normalized spacial score (nSPS) is 17.8. The van der Waals surface area contributed by atoms with E-state index in [1.807, 2.05) is 6.07 Å². The van der Waals surface area contributed by atoms with Crippen molar-refractivity contribution in [1.29, 1.82) is 0 Å². The maximum absolute atomic E-state index is 5.76. The topological polar surface area (TPSA) is 30.8 Å². The smallest absolute Gasteiger partial charge is 0.162 e. The van der Waals surface area contributed by atoms with Crippen LogP contribution < -0.4 is 9.47 Å². The molecular formula is C20H21NO2S. The van der Waals surface area contributed by atoms with Gasteiger partial charge in [0.1, 0.15) is 13.2 Å². The Balaban J connectivity index is 1.67. The van der Waals surface area contributed by atoms with E-state index < -0.39 is 0 Å². The number of nitrogens with zero attached hydrogens (tertiary/aromatic N) is 1. The molecule has 2 aliphatic heterocycles. The molecule has 0 fully saturated rings. The molecule has 0 bridgehead atoms. The fourth-order valence-electron chi connectivity index (χ4n) is 3.15. The fraction of sp³-hybridized carbons (Fsp3) is 0.350. The van der Waals surface area contributed by atoms with Gasteiger partial charge in [-0.05, 0) is 43.5 Å². The molecule has 2 heterocycles. The van der Waals surface area contributed by atoms with E-state index in [1.54, 1.807) is 11.8 Å². The molecule has 0 aromatic heterocycles. The van der Waals surface area contributed by atoms with Crippen LogP contribution in [0.2, 0.25) is 0 Å². The summed E-state index contributed by atoms with van der Waals surface area (Å²) in [6, 6.07) is 14.8. The van der Waals surface area contributed by atoms with Crippen LogP contribution in [0, 0.1) is 0 Å². The lowest BCUT2D eigenvalue weighted by atomic mass is 9.89. The maximum atomic E-state index is 5.76. The highest BCUT2D eigenvalue weighted by Crippen LogP contribution is 2.39. The number of fused-ring (bicyclic) bond motifs is 2. The lowest BCUT2D eigenvalue weighted by molar-refractivity contribution is 0.171. The fourth-order valence-corrected chi connectivity index (χ4v) is 4.31. The summed E-state index contributed by atoms with van der Waals surface area (Å²) in [6.45, 7) is 5.62. The maximum Gasteiger partial charge on any atom is 0.162 e. The molecule has 2 aliphatic rings. The molecule has 4 rings (SSSR count). The quantitative estimate of drug-likeness (QED) is 0.809. The van der Waals surface area contributed by atoms with Gasteiger partial charge in [0, 0.05) is 11.3 Å². The van der Waals surface area contributed by atoms with Crippen LogP contribution in [0.1, 0.15) is 30.5 Å². The summed E-state index contributed by atoms with van der Waals surface area (Å²) in [5, 5.41) is 1.10. The molecule has 4 heteroatoms. The Morgan fingerprint density at radius 2 is 1.75 bits per heavy atom. The van der Waals surface area contributed by atoms with Crippen LogP contribution in [0.25, 0.3) is 0 Å². The number of thioether (sulfide) groups is 1. The largest absolute Gasteiger partial charge is 0.486 e. The van der Waals surface area contributed by atoms with Gasteiger partial charge >= 0.3 is 0 Å². The van der Waals surface area contributed by atoms with Crippen molar-refractivity contribution in [3.63, 3.8) is 0 Å². The van der Waals surface area contributed by atoms with E-state index >= 15 is 0 Å². The number of aliphatic imine (C=N–C) groups is 1. The minimum atomic E-state index is -0.0875. The van der Waals surface area contributed by atoms with Crippen molar-refractivity contribution in [3.05, 3.63) is 59.2 Å².